The molecule has 1 aliphatic heterocycles. The van der Waals surface area contributed by atoms with E-state index in [1.807, 2.05) is 0 Å². The van der Waals surface area contributed by atoms with Gasteiger partial charge in [-0.15, -0.1) is 0 Å². The first kappa shape index (κ1) is 14.6. The fraction of sp³-hybridized carbons (Fsp3) is 0.333. The van der Waals surface area contributed by atoms with Gasteiger partial charge in [-0.3, -0.25) is 0 Å². The van der Waals surface area contributed by atoms with Crippen LogP contribution in [-0.2, 0) is 19.3 Å². The molecule has 1 heterocycles. The monoisotopic (exact) mass is 344 g/mol. The molecule has 0 saturated carbocycles. The van der Waals surface area contributed by atoms with Gasteiger partial charge in [0, 0.05) is 23.2 Å². The number of benzene rings is 2. The minimum absolute atomic E-state index is 0.692. The van der Waals surface area contributed by atoms with E-state index in [0.29, 0.717) is 6.54 Å². The Morgan fingerprint density at radius 1 is 1.00 bits per heavy atom. The molecule has 3 heteroatoms. The molecular formula is C18H21BrN2. The van der Waals surface area contributed by atoms with E-state index >= 15 is 0 Å². The highest BCUT2D eigenvalue weighted by Gasteiger charge is 2.16. The summed E-state index contributed by atoms with van der Waals surface area (Å²) in [6.07, 6.45) is 3.17. The Morgan fingerprint density at radius 3 is 2.29 bits per heavy atom. The number of hydrogen-bond donors (Lipinski definition) is 1. The van der Waals surface area contributed by atoms with E-state index in [-0.39, 0.29) is 0 Å². The Labute approximate surface area is 135 Å². The average Bonchev–Trinajstić information content (AvgIpc) is 2.71. The molecule has 0 unspecified atom stereocenters. The van der Waals surface area contributed by atoms with Gasteiger partial charge in [-0.05, 0) is 60.7 Å². The first-order chi connectivity index (χ1) is 10.3. The predicted octanol–water partition coefficient (Wildman–Crippen LogP) is 3.56. The third-order valence-electron chi connectivity index (χ3n) is 4.22. The van der Waals surface area contributed by atoms with Gasteiger partial charge in [-0.2, -0.15) is 0 Å². The van der Waals surface area contributed by atoms with Crippen LogP contribution in [0.2, 0.25) is 0 Å². The standard InChI is InChI=1S/C18H21BrN2/c19-17-5-6-18(16(13-17)7-10-20)21-11-8-14-3-1-2-4-15(14)9-12-21/h1-6,13H,7-12,20H2. The molecule has 0 amide bonds. The topological polar surface area (TPSA) is 29.3 Å². The van der Waals surface area contributed by atoms with Crippen molar-refractivity contribution in [1.82, 2.24) is 0 Å². The smallest absolute Gasteiger partial charge is 0.0400 e. The van der Waals surface area contributed by atoms with Crippen molar-refractivity contribution in [3.05, 3.63) is 63.6 Å². The van der Waals surface area contributed by atoms with Crippen LogP contribution >= 0.6 is 15.9 Å². The lowest BCUT2D eigenvalue weighted by Gasteiger charge is -2.25. The van der Waals surface area contributed by atoms with Crippen molar-refractivity contribution in [3.63, 3.8) is 0 Å². The zero-order valence-corrected chi connectivity index (χ0v) is 13.8. The van der Waals surface area contributed by atoms with Crippen LogP contribution in [0.1, 0.15) is 16.7 Å². The molecule has 2 N–H and O–H groups in total. The van der Waals surface area contributed by atoms with Crippen LogP contribution in [-0.4, -0.2) is 19.6 Å². The van der Waals surface area contributed by atoms with Crippen molar-refractivity contribution >= 4 is 21.6 Å². The molecule has 2 aromatic carbocycles. The summed E-state index contributed by atoms with van der Waals surface area (Å²) in [7, 11) is 0. The summed E-state index contributed by atoms with van der Waals surface area (Å²) in [5.41, 5.74) is 11.5. The average molecular weight is 345 g/mol. The van der Waals surface area contributed by atoms with Crippen LogP contribution in [0.25, 0.3) is 0 Å². The Bertz CT molecular complexity index is 597. The lowest BCUT2D eigenvalue weighted by atomic mass is 10.0. The van der Waals surface area contributed by atoms with E-state index < -0.39 is 0 Å². The van der Waals surface area contributed by atoms with Crippen molar-refractivity contribution in [2.24, 2.45) is 5.73 Å². The number of fused-ring (bicyclic) bond motifs is 1. The lowest BCUT2D eigenvalue weighted by Crippen LogP contribution is -2.27. The number of nitrogens with two attached hydrogens (primary N) is 1. The highest BCUT2D eigenvalue weighted by Crippen LogP contribution is 2.27. The number of halogens is 1. The predicted molar refractivity (Wildman–Crippen MR) is 93.0 cm³/mol. The molecule has 0 fully saturated rings. The van der Waals surface area contributed by atoms with Gasteiger partial charge in [0.05, 0.1) is 0 Å². The highest BCUT2D eigenvalue weighted by molar-refractivity contribution is 9.10. The van der Waals surface area contributed by atoms with Crippen molar-refractivity contribution in [2.45, 2.75) is 19.3 Å². The van der Waals surface area contributed by atoms with Crippen molar-refractivity contribution in [3.8, 4) is 0 Å². The summed E-state index contributed by atoms with van der Waals surface area (Å²) in [6.45, 7) is 2.85. The minimum atomic E-state index is 0.692. The Balaban J connectivity index is 1.86. The maximum atomic E-state index is 5.78. The molecule has 0 spiro atoms. The molecule has 2 nitrogen and oxygen atoms in total. The second-order valence-corrected chi connectivity index (χ2v) is 6.48. The molecule has 0 saturated heterocycles. The molecule has 3 rings (SSSR count). The fourth-order valence-corrected chi connectivity index (χ4v) is 3.54. The number of hydrogen-bond acceptors (Lipinski definition) is 2. The first-order valence-electron chi connectivity index (χ1n) is 7.58. The normalized spacial score (nSPS) is 14.7. The minimum Gasteiger partial charge on any atom is -0.371 e. The number of anilines is 1. The van der Waals surface area contributed by atoms with E-state index in [1.165, 1.54) is 22.4 Å². The number of rotatable bonds is 3. The second kappa shape index (κ2) is 6.63. The largest absolute Gasteiger partial charge is 0.371 e. The maximum absolute atomic E-state index is 5.78. The van der Waals surface area contributed by atoms with Gasteiger partial charge in [0.2, 0.25) is 0 Å². The Morgan fingerprint density at radius 2 is 1.67 bits per heavy atom. The van der Waals surface area contributed by atoms with Crippen molar-refractivity contribution < 1.29 is 0 Å². The van der Waals surface area contributed by atoms with Gasteiger partial charge < -0.3 is 10.6 Å². The molecule has 0 aliphatic carbocycles. The summed E-state index contributed by atoms with van der Waals surface area (Å²) in [5.74, 6) is 0. The first-order valence-corrected chi connectivity index (χ1v) is 8.37. The molecule has 21 heavy (non-hydrogen) atoms. The third kappa shape index (κ3) is 3.30. The molecule has 0 atom stereocenters. The van der Waals surface area contributed by atoms with Gasteiger partial charge in [0.15, 0.2) is 0 Å². The summed E-state index contributed by atoms with van der Waals surface area (Å²) >= 11 is 3.57. The zero-order valence-electron chi connectivity index (χ0n) is 12.2. The molecule has 0 bridgehead atoms. The molecule has 1 aliphatic rings. The van der Waals surface area contributed by atoms with Gasteiger partial charge in [-0.1, -0.05) is 40.2 Å². The molecule has 110 valence electrons. The van der Waals surface area contributed by atoms with Crippen molar-refractivity contribution in [2.75, 3.05) is 24.5 Å². The Hall–Kier alpha value is -1.32. The van der Waals surface area contributed by atoms with Crippen molar-refractivity contribution in [1.29, 1.82) is 0 Å². The van der Waals surface area contributed by atoms with Crippen LogP contribution in [0, 0.1) is 0 Å². The fourth-order valence-electron chi connectivity index (χ4n) is 3.13. The van der Waals surface area contributed by atoms with Crippen LogP contribution in [0.4, 0.5) is 5.69 Å². The van der Waals surface area contributed by atoms with Gasteiger partial charge in [-0.25, -0.2) is 0 Å². The highest BCUT2D eigenvalue weighted by atomic mass is 79.9. The summed E-state index contributed by atoms with van der Waals surface area (Å²) in [6, 6.07) is 15.4. The van der Waals surface area contributed by atoms with E-state index in [2.05, 4.69) is 63.3 Å². The molecule has 0 radical (unpaired) electrons. The van der Waals surface area contributed by atoms with E-state index in [0.717, 1.165) is 36.8 Å². The third-order valence-corrected chi connectivity index (χ3v) is 4.71. The van der Waals surface area contributed by atoms with E-state index in [9.17, 15) is 0 Å². The van der Waals surface area contributed by atoms with Crippen LogP contribution < -0.4 is 10.6 Å². The molecule has 2 aromatic rings. The van der Waals surface area contributed by atoms with Gasteiger partial charge in [0.25, 0.3) is 0 Å². The van der Waals surface area contributed by atoms with E-state index in [4.69, 9.17) is 5.73 Å². The summed E-state index contributed by atoms with van der Waals surface area (Å²) in [5, 5.41) is 0. The van der Waals surface area contributed by atoms with Crippen LogP contribution in [0.3, 0.4) is 0 Å². The molecular weight excluding hydrogens is 324 g/mol. The van der Waals surface area contributed by atoms with Crippen LogP contribution in [0.15, 0.2) is 46.9 Å². The van der Waals surface area contributed by atoms with Crippen LogP contribution in [0.5, 0.6) is 0 Å². The maximum Gasteiger partial charge on any atom is 0.0400 e. The zero-order chi connectivity index (χ0) is 14.7. The van der Waals surface area contributed by atoms with Gasteiger partial charge in [0.1, 0.15) is 0 Å². The SMILES string of the molecule is NCCc1cc(Br)ccc1N1CCc2ccccc2CC1. The lowest BCUT2D eigenvalue weighted by molar-refractivity contribution is 0.795. The van der Waals surface area contributed by atoms with E-state index in [1.54, 1.807) is 0 Å². The molecule has 0 aromatic heterocycles. The Kier molecular flexibility index (Phi) is 4.61. The second-order valence-electron chi connectivity index (χ2n) is 5.57. The summed E-state index contributed by atoms with van der Waals surface area (Å²) in [4.78, 5) is 2.51. The quantitative estimate of drug-likeness (QED) is 0.922. The van der Waals surface area contributed by atoms with Gasteiger partial charge >= 0.3 is 0 Å². The summed E-state index contributed by atoms with van der Waals surface area (Å²) < 4.78 is 1.13. The number of nitrogens with zero attached hydrogens (tertiary/aromatic N) is 1.